The lowest BCUT2D eigenvalue weighted by atomic mass is 10.2. The van der Waals surface area contributed by atoms with Gasteiger partial charge in [-0.05, 0) is 42.5 Å². The van der Waals surface area contributed by atoms with Crippen LogP contribution in [0.1, 0.15) is 5.56 Å². The van der Waals surface area contributed by atoms with Crippen molar-refractivity contribution in [3.8, 4) is 11.5 Å². The van der Waals surface area contributed by atoms with E-state index in [1.54, 1.807) is 43.5 Å². The predicted molar refractivity (Wildman–Crippen MR) is 84.4 cm³/mol. The van der Waals surface area contributed by atoms with Gasteiger partial charge in [0, 0.05) is 16.6 Å². The molecule has 2 aromatic rings. The number of benzene rings is 2. The number of carbonyl (C=O) groups excluding carboxylic acids is 1. The van der Waals surface area contributed by atoms with Crippen LogP contribution in [-0.4, -0.2) is 19.6 Å². The smallest absolute Gasteiger partial charge is 0.258 e. The van der Waals surface area contributed by atoms with Gasteiger partial charge in [-0.15, -0.1) is 0 Å². The van der Waals surface area contributed by atoms with E-state index in [1.165, 1.54) is 6.07 Å². The zero-order valence-electron chi connectivity index (χ0n) is 11.9. The summed E-state index contributed by atoms with van der Waals surface area (Å²) in [6.07, 6.45) is 0. The molecule has 0 fully saturated rings. The summed E-state index contributed by atoms with van der Waals surface area (Å²) in [5.41, 5.74) is 0.409. The van der Waals surface area contributed by atoms with Gasteiger partial charge >= 0.3 is 0 Å². The number of rotatable bonds is 6. The van der Waals surface area contributed by atoms with Gasteiger partial charge in [0.15, 0.2) is 6.61 Å². The highest BCUT2D eigenvalue weighted by atomic mass is 79.9. The molecule has 1 amide bonds. The molecular weight excluding hydrogens is 353 g/mol. The van der Waals surface area contributed by atoms with E-state index in [-0.39, 0.29) is 24.9 Å². The highest BCUT2D eigenvalue weighted by Gasteiger charge is 2.06. The maximum Gasteiger partial charge on any atom is 0.258 e. The predicted octanol–water partition coefficient (Wildman–Crippen LogP) is 3.29. The van der Waals surface area contributed by atoms with Crippen molar-refractivity contribution in [3.05, 3.63) is 58.3 Å². The molecule has 0 atom stereocenters. The van der Waals surface area contributed by atoms with Gasteiger partial charge in [0.1, 0.15) is 17.3 Å². The van der Waals surface area contributed by atoms with Gasteiger partial charge in [-0.1, -0.05) is 15.9 Å². The van der Waals surface area contributed by atoms with E-state index in [2.05, 4.69) is 21.2 Å². The Balaban J connectivity index is 1.81. The van der Waals surface area contributed by atoms with Crippen molar-refractivity contribution in [1.82, 2.24) is 5.32 Å². The van der Waals surface area contributed by atoms with Gasteiger partial charge < -0.3 is 14.8 Å². The van der Waals surface area contributed by atoms with Crippen molar-refractivity contribution in [1.29, 1.82) is 0 Å². The van der Waals surface area contributed by atoms with Gasteiger partial charge in [-0.3, -0.25) is 4.79 Å². The van der Waals surface area contributed by atoms with Crippen LogP contribution in [-0.2, 0) is 11.3 Å². The SMILES string of the molecule is COc1ccc(OCC(=O)NCc2cc(Br)ccc2F)cc1. The minimum atomic E-state index is -0.362. The van der Waals surface area contributed by atoms with Crippen LogP contribution >= 0.6 is 15.9 Å². The van der Waals surface area contributed by atoms with Crippen LogP contribution in [0.15, 0.2) is 46.9 Å². The number of amides is 1. The summed E-state index contributed by atoms with van der Waals surface area (Å²) in [5.74, 6) is 0.585. The third-order valence-corrected chi connectivity index (χ3v) is 3.41. The van der Waals surface area contributed by atoms with Gasteiger partial charge in [0.05, 0.1) is 7.11 Å². The number of methoxy groups -OCH3 is 1. The third-order valence-electron chi connectivity index (χ3n) is 2.91. The minimum absolute atomic E-state index is 0.107. The monoisotopic (exact) mass is 367 g/mol. The second-order valence-electron chi connectivity index (χ2n) is 4.48. The molecule has 116 valence electrons. The van der Waals surface area contributed by atoms with E-state index in [4.69, 9.17) is 9.47 Å². The molecule has 0 heterocycles. The van der Waals surface area contributed by atoms with E-state index in [0.29, 0.717) is 17.1 Å². The molecule has 2 rings (SSSR count). The quantitative estimate of drug-likeness (QED) is 0.851. The van der Waals surface area contributed by atoms with E-state index in [9.17, 15) is 9.18 Å². The minimum Gasteiger partial charge on any atom is -0.497 e. The van der Waals surface area contributed by atoms with Crippen LogP contribution in [0.25, 0.3) is 0 Å². The Labute approximate surface area is 136 Å². The Bertz CT molecular complexity index is 646. The van der Waals surface area contributed by atoms with Crippen molar-refractivity contribution >= 4 is 21.8 Å². The molecule has 0 unspecified atom stereocenters. The summed E-state index contributed by atoms with van der Waals surface area (Å²) in [7, 11) is 1.57. The maximum absolute atomic E-state index is 13.5. The average Bonchev–Trinajstić information content (AvgIpc) is 2.54. The van der Waals surface area contributed by atoms with Crippen LogP contribution in [0.3, 0.4) is 0 Å². The van der Waals surface area contributed by atoms with E-state index in [0.717, 1.165) is 4.47 Å². The fraction of sp³-hybridized carbons (Fsp3) is 0.188. The lowest BCUT2D eigenvalue weighted by molar-refractivity contribution is -0.123. The average molecular weight is 368 g/mol. The third kappa shape index (κ3) is 4.73. The second-order valence-corrected chi connectivity index (χ2v) is 5.39. The Hall–Kier alpha value is -2.08. The van der Waals surface area contributed by atoms with E-state index in [1.807, 2.05) is 0 Å². The maximum atomic E-state index is 13.5. The van der Waals surface area contributed by atoms with Crippen molar-refractivity contribution < 1.29 is 18.7 Å². The fourth-order valence-corrected chi connectivity index (χ4v) is 2.15. The van der Waals surface area contributed by atoms with Crippen LogP contribution in [0.5, 0.6) is 11.5 Å². The topological polar surface area (TPSA) is 47.6 Å². The molecule has 0 radical (unpaired) electrons. The molecule has 0 aliphatic heterocycles. The first-order valence-electron chi connectivity index (χ1n) is 6.56. The molecule has 0 aliphatic rings. The molecule has 0 aliphatic carbocycles. The Morgan fingerprint density at radius 3 is 2.55 bits per heavy atom. The van der Waals surface area contributed by atoms with Crippen LogP contribution in [0.2, 0.25) is 0 Å². The molecule has 0 saturated carbocycles. The summed E-state index contributed by atoms with van der Waals surface area (Å²) in [6.45, 7) is -0.0297. The summed E-state index contributed by atoms with van der Waals surface area (Å²) in [5, 5.41) is 2.61. The highest BCUT2D eigenvalue weighted by Crippen LogP contribution is 2.17. The molecule has 1 N–H and O–H groups in total. The first kappa shape index (κ1) is 16.3. The van der Waals surface area contributed by atoms with Crippen LogP contribution < -0.4 is 14.8 Å². The number of hydrogen-bond acceptors (Lipinski definition) is 3. The summed E-state index contributed by atoms with van der Waals surface area (Å²) in [4.78, 5) is 11.7. The molecule has 0 saturated heterocycles. The van der Waals surface area contributed by atoms with Crippen molar-refractivity contribution in [2.24, 2.45) is 0 Å². The lowest BCUT2D eigenvalue weighted by Gasteiger charge is -2.09. The standard InChI is InChI=1S/C16H15BrFNO3/c1-21-13-3-5-14(6-4-13)22-10-16(20)19-9-11-8-12(17)2-7-15(11)18/h2-8H,9-10H2,1H3,(H,19,20). The fourth-order valence-electron chi connectivity index (χ4n) is 1.74. The molecule has 0 spiro atoms. The number of ether oxygens (including phenoxy) is 2. The molecule has 0 bridgehead atoms. The van der Waals surface area contributed by atoms with Gasteiger partial charge in [0.25, 0.3) is 5.91 Å². The molecule has 22 heavy (non-hydrogen) atoms. The number of carbonyl (C=O) groups is 1. The van der Waals surface area contributed by atoms with Gasteiger partial charge in [-0.25, -0.2) is 4.39 Å². The number of halogens is 2. The first-order valence-corrected chi connectivity index (χ1v) is 7.35. The molecule has 6 heteroatoms. The van der Waals surface area contributed by atoms with Gasteiger partial charge in [0.2, 0.25) is 0 Å². The second kappa shape index (κ2) is 7.79. The Morgan fingerprint density at radius 2 is 1.86 bits per heavy atom. The van der Waals surface area contributed by atoms with E-state index >= 15 is 0 Å². The zero-order chi connectivity index (χ0) is 15.9. The molecule has 2 aromatic carbocycles. The van der Waals surface area contributed by atoms with E-state index < -0.39 is 0 Å². The summed E-state index contributed by atoms with van der Waals surface area (Å²) in [6, 6.07) is 11.5. The highest BCUT2D eigenvalue weighted by molar-refractivity contribution is 9.10. The number of hydrogen-bond donors (Lipinski definition) is 1. The van der Waals surface area contributed by atoms with Crippen molar-refractivity contribution in [2.45, 2.75) is 6.54 Å². The number of nitrogens with one attached hydrogen (secondary N) is 1. The summed E-state index contributed by atoms with van der Waals surface area (Å²) < 4.78 is 24.7. The van der Waals surface area contributed by atoms with Gasteiger partial charge in [-0.2, -0.15) is 0 Å². The molecular formula is C16H15BrFNO3. The van der Waals surface area contributed by atoms with Crippen molar-refractivity contribution in [3.63, 3.8) is 0 Å². The van der Waals surface area contributed by atoms with Crippen LogP contribution in [0.4, 0.5) is 4.39 Å². The Morgan fingerprint density at radius 1 is 1.18 bits per heavy atom. The van der Waals surface area contributed by atoms with Crippen LogP contribution in [0, 0.1) is 5.82 Å². The van der Waals surface area contributed by atoms with Crippen molar-refractivity contribution in [2.75, 3.05) is 13.7 Å². The largest absolute Gasteiger partial charge is 0.497 e. The molecule has 0 aromatic heterocycles. The molecule has 4 nitrogen and oxygen atoms in total. The summed E-state index contributed by atoms with van der Waals surface area (Å²) >= 11 is 3.26. The first-order chi connectivity index (χ1) is 10.6. The normalized spacial score (nSPS) is 10.1. The lowest BCUT2D eigenvalue weighted by Crippen LogP contribution is -2.28. The zero-order valence-corrected chi connectivity index (χ0v) is 13.5. The Kier molecular flexibility index (Phi) is 5.77.